The first kappa shape index (κ1) is 16.6. The van der Waals surface area contributed by atoms with Crippen molar-refractivity contribution in [3.63, 3.8) is 0 Å². The standard InChI is InChI=1S/C15H14Cl2N4O3/c16-8-5-11(19-12(8)17)15(24)21-10-3-1-2-9-6(10)4-7(13(18)22)14(23)20-9/h4-5,10,19H,1-3H2,(H2,18,22)(H,20,23)(H,21,24). The van der Waals surface area contributed by atoms with Crippen LogP contribution < -0.4 is 16.6 Å². The van der Waals surface area contributed by atoms with Crippen molar-refractivity contribution in [3.8, 4) is 0 Å². The number of nitrogens with one attached hydrogen (secondary N) is 3. The third-order valence-corrected chi connectivity index (χ3v) is 4.69. The molecule has 1 unspecified atom stereocenters. The van der Waals surface area contributed by atoms with E-state index < -0.39 is 11.5 Å². The molecule has 24 heavy (non-hydrogen) atoms. The molecule has 1 aliphatic carbocycles. The highest BCUT2D eigenvalue weighted by Gasteiger charge is 2.25. The Hall–Kier alpha value is -2.25. The van der Waals surface area contributed by atoms with E-state index in [1.54, 1.807) is 0 Å². The van der Waals surface area contributed by atoms with E-state index in [9.17, 15) is 14.4 Å². The van der Waals surface area contributed by atoms with Crippen LogP contribution in [0.5, 0.6) is 0 Å². The molecule has 7 nitrogen and oxygen atoms in total. The number of H-pyrrole nitrogens is 2. The summed E-state index contributed by atoms with van der Waals surface area (Å²) in [6.45, 7) is 0. The van der Waals surface area contributed by atoms with Crippen LogP contribution in [-0.4, -0.2) is 21.8 Å². The summed E-state index contributed by atoms with van der Waals surface area (Å²) in [5.74, 6) is -1.19. The number of hydrogen-bond donors (Lipinski definition) is 4. The summed E-state index contributed by atoms with van der Waals surface area (Å²) in [6, 6.07) is 2.54. The minimum atomic E-state index is -0.808. The number of aryl methyl sites for hydroxylation is 1. The van der Waals surface area contributed by atoms with Gasteiger partial charge in [0.25, 0.3) is 17.4 Å². The molecule has 2 aromatic heterocycles. The summed E-state index contributed by atoms with van der Waals surface area (Å²) < 4.78 is 0. The Morgan fingerprint density at radius 2 is 2.00 bits per heavy atom. The molecule has 0 fully saturated rings. The second-order valence-corrected chi connectivity index (χ2v) is 6.36. The number of aromatic nitrogens is 2. The number of fused-ring (bicyclic) bond motifs is 1. The van der Waals surface area contributed by atoms with Crippen LogP contribution in [-0.2, 0) is 6.42 Å². The smallest absolute Gasteiger partial charge is 0.268 e. The first-order chi connectivity index (χ1) is 11.4. The number of amides is 2. The number of carbonyl (C=O) groups excluding carboxylic acids is 2. The zero-order valence-corrected chi connectivity index (χ0v) is 13.9. The highest BCUT2D eigenvalue weighted by Crippen LogP contribution is 2.29. The van der Waals surface area contributed by atoms with E-state index in [1.807, 2.05) is 0 Å². The van der Waals surface area contributed by atoms with E-state index >= 15 is 0 Å². The van der Waals surface area contributed by atoms with Gasteiger partial charge in [0.05, 0.1) is 11.1 Å². The Labute approximate surface area is 146 Å². The highest BCUT2D eigenvalue weighted by atomic mass is 35.5. The van der Waals surface area contributed by atoms with Crippen LogP contribution in [0.2, 0.25) is 10.2 Å². The molecule has 2 aromatic rings. The van der Waals surface area contributed by atoms with Crippen LogP contribution in [0.3, 0.4) is 0 Å². The third-order valence-electron chi connectivity index (χ3n) is 3.99. The fourth-order valence-electron chi connectivity index (χ4n) is 2.84. The van der Waals surface area contributed by atoms with Crippen molar-refractivity contribution < 1.29 is 9.59 Å². The minimum Gasteiger partial charge on any atom is -0.365 e. The number of pyridine rings is 1. The number of aromatic amines is 2. The molecule has 0 bridgehead atoms. The van der Waals surface area contributed by atoms with Gasteiger partial charge >= 0.3 is 0 Å². The van der Waals surface area contributed by atoms with Gasteiger partial charge in [-0.05, 0) is 37.0 Å². The van der Waals surface area contributed by atoms with Gasteiger partial charge in [-0.1, -0.05) is 23.2 Å². The van der Waals surface area contributed by atoms with E-state index in [0.29, 0.717) is 24.1 Å². The van der Waals surface area contributed by atoms with Gasteiger partial charge < -0.3 is 21.0 Å². The van der Waals surface area contributed by atoms with E-state index in [0.717, 1.165) is 6.42 Å². The van der Waals surface area contributed by atoms with Crippen molar-refractivity contribution in [2.75, 3.05) is 0 Å². The Kier molecular flexibility index (Phi) is 4.38. The summed E-state index contributed by atoms with van der Waals surface area (Å²) in [5.41, 5.74) is 6.20. The second kappa shape index (κ2) is 6.33. The Morgan fingerprint density at radius 3 is 2.62 bits per heavy atom. The molecule has 9 heteroatoms. The Balaban J connectivity index is 1.91. The normalized spacial score (nSPS) is 16.5. The summed E-state index contributed by atoms with van der Waals surface area (Å²) in [7, 11) is 0. The number of hydrogen-bond acceptors (Lipinski definition) is 3. The fraction of sp³-hybridized carbons (Fsp3) is 0.267. The minimum absolute atomic E-state index is 0.124. The molecule has 0 radical (unpaired) electrons. The fourth-order valence-corrected chi connectivity index (χ4v) is 3.15. The van der Waals surface area contributed by atoms with Crippen molar-refractivity contribution in [3.05, 3.63) is 55.2 Å². The molecule has 1 aliphatic rings. The van der Waals surface area contributed by atoms with Crippen LogP contribution in [0.15, 0.2) is 16.9 Å². The number of carbonyl (C=O) groups is 2. The van der Waals surface area contributed by atoms with Crippen LogP contribution in [0.1, 0.15) is 51.0 Å². The first-order valence-corrected chi connectivity index (χ1v) is 8.03. The summed E-state index contributed by atoms with van der Waals surface area (Å²) >= 11 is 11.6. The summed E-state index contributed by atoms with van der Waals surface area (Å²) in [4.78, 5) is 40.9. The van der Waals surface area contributed by atoms with E-state index in [-0.39, 0.29) is 33.4 Å². The van der Waals surface area contributed by atoms with Gasteiger partial charge in [0, 0.05) is 5.69 Å². The zero-order valence-electron chi connectivity index (χ0n) is 12.4. The van der Waals surface area contributed by atoms with Gasteiger partial charge in [-0.25, -0.2) is 0 Å². The Morgan fingerprint density at radius 1 is 1.25 bits per heavy atom. The molecule has 2 amide bonds. The molecule has 0 aliphatic heterocycles. The lowest BCUT2D eigenvalue weighted by molar-refractivity contribution is 0.0928. The zero-order chi connectivity index (χ0) is 17.4. The van der Waals surface area contributed by atoms with Crippen LogP contribution in [0, 0.1) is 0 Å². The van der Waals surface area contributed by atoms with Crippen molar-refractivity contribution >= 4 is 35.0 Å². The van der Waals surface area contributed by atoms with Crippen molar-refractivity contribution in [2.24, 2.45) is 5.73 Å². The molecule has 1 atom stereocenters. The van der Waals surface area contributed by atoms with Gasteiger partial charge in [0.2, 0.25) is 0 Å². The van der Waals surface area contributed by atoms with E-state index in [1.165, 1.54) is 12.1 Å². The van der Waals surface area contributed by atoms with Gasteiger partial charge in [-0.15, -0.1) is 0 Å². The average molecular weight is 369 g/mol. The molecule has 0 saturated heterocycles. The van der Waals surface area contributed by atoms with Crippen LogP contribution in [0.4, 0.5) is 0 Å². The molecule has 2 heterocycles. The lowest BCUT2D eigenvalue weighted by Gasteiger charge is -2.26. The molecule has 5 N–H and O–H groups in total. The summed E-state index contributed by atoms with van der Waals surface area (Å²) in [5, 5.41) is 3.30. The first-order valence-electron chi connectivity index (χ1n) is 7.27. The van der Waals surface area contributed by atoms with E-state index in [2.05, 4.69) is 15.3 Å². The molecular weight excluding hydrogens is 355 g/mol. The Bertz CT molecular complexity index is 868. The summed E-state index contributed by atoms with van der Waals surface area (Å²) in [6.07, 6.45) is 2.12. The molecular formula is C15H14Cl2N4O3. The lowest BCUT2D eigenvalue weighted by Crippen LogP contribution is -2.34. The molecule has 0 saturated carbocycles. The number of primary amides is 1. The largest absolute Gasteiger partial charge is 0.365 e. The van der Waals surface area contributed by atoms with Crippen LogP contribution >= 0.6 is 23.2 Å². The third kappa shape index (κ3) is 3.05. The quantitative estimate of drug-likeness (QED) is 0.661. The molecule has 0 spiro atoms. The molecule has 0 aromatic carbocycles. The van der Waals surface area contributed by atoms with Gasteiger partial charge in [0.1, 0.15) is 16.4 Å². The van der Waals surface area contributed by atoms with Crippen molar-refractivity contribution in [2.45, 2.75) is 25.3 Å². The number of rotatable bonds is 3. The van der Waals surface area contributed by atoms with Gasteiger partial charge in [0.15, 0.2) is 0 Å². The van der Waals surface area contributed by atoms with Crippen LogP contribution in [0.25, 0.3) is 0 Å². The van der Waals surface area contributed by atoms with Crippen molar-refractivity contribution in [1.29, 1.82) is 0 Å². The maximum absolute atomic E-state index is 12.4. The van der Waals surface area contributed by atoms with Gasteiger partial charge in [-0.3, -0.25) is 14.4 Å². The maximum atomic E-state index is 12.4. The predicted octanol–water partition coefficient (Wildman–Crippen LogP) is 1.92. The van der Waals surface area contributed by atoms with E-state index in [4.69, 9.17) is 28.9 Å². The SMILES string of the molecule is NC(=O)c1cc2c([nH]c1=O)CCCC2NC(=O)c1cc(Cl)c(Cl)[nH]1. The average Bonchev–Trinajstić information content (AvgIpc) is 2.86. The molecule has 3 rings (SSSR count). The molecule has 126 valence electrons. The van der Waals surface area contributed by atoms with Gasteiger partial charge in [-0.2, -0.15) is 0 Å². The number of halogens is 2. The monoisotopic (exact) mass is 368 g/mol. The topological polar surface area (TPSA) is 121 Å². The highest BCUT2D eigenvalue weighted by molar-refractivity contribution is 6.41. The van der Waals surface area contributed by atoms with Crippen molar-refractivity contribution in [1.82, 2.24) is 15.3 Å². The predicted molar refractivity (Wildman–Crippen MR) is 89.5 cm³/mol. The lowest BCUT2D eigenvalue weighted by atomic mass is 9.90. The maximum Gasteiger partial charge on any atom is 0.268 e. The number of nitrogens with two attached hydrogens (primary N) is 1. The second-order valence-electron chi connectivity index (χ2n) is 5.57.